The first-order valence-corrected chi connectivity index (χ1v) is 7.72. The van der Waals surface area contributed by atoms with Crippen molar-refractivity contribution >= 4 is 23.5 Å². The van der Waals surface area contributed by atoms with Crippen molar-refractivity contribution in [3.05, 3.63) is 53.4 Å². The van der Waals surface area contributed by atoms with E-state index in [1.165, 1.54) is 18.6 Å². The van der Waals surface area contributed by atoms with E-state index >= 15 is 0 Å². The number of nitrogens with zero attached hydrogens (tertiary/aromatic N) is 4. The Labute approximate surface area is 148 Å². The number of anilines is 1. The Bertz CT molecular complexity index is 907. The molecule has 0 unspecified atom stereocenters. The number of carbonyl (C=O) groups excluding carboxylic acids is 1. The van der Waals surface area contributed by atoms with E-state index < -0.39 is 11.4 Å². The Hall–Kier alpha value is -3.00. The summed E-state index contributed by atoms with van der Waals surface area (Å²) in [6, 6.07) is 3.54. The zero-order valence-corrected chi connectivity index (χ0v) is 14.3. The molecule has 3 rings (SSSR count). The highest BCUT2D eigenvalue weighted by Crippen LogP contribution is 2.28. The van der Waals surface area contributed by atoms with Crippen LogP contribution in [0, 0.1) is 0 Å². The average Bonchev–Trinajstić information content (AvgIpc) is 3.06. The number of halogens is 1. The van der Waals surface area contributed by atoms with Crippen LogP contribution in [0.15, 0.2) is 41.3 Å². The molecule has 0 atom stereocenters. The van der Waals surface area contributed by atoms with E-state index in [1.54, 1.807) is 18.3 Å². The summed E-state index contributed by atoms with van der Waals surface area (Å²) in [5, 5.41) is 3.73. The van der Waals surface area contributed by atoms with Gasteiger partial charge in [-0.25, -0.2) is 15.0 Å². The van der Waals surface area contributed by atoms with Crippen LogP contribution < -0.4 is 11.1 Å². The van der Waals surface area contributed by atoms with Crippen molar-refractivity contribution in [1.29, 1.82) is 0 Å². The van der Waals surface area contributed by atoms with E-state index in [-0.39, 0.29) is 11.7 Å². The van der Waals surface area contributed by atoms with Crippen molar-refractivity contribution in [3.8, 4) is 11.5 Å². The smallest absolute Gasteiger partial charge is 0.286 e. The minimum absolute atomic E-state index is 0.0249. The number of aromatic nitrogens is 4. The van der Waals surface area contributed by atoms with E-state index in [4.69, 9.17) is 21.8 Å². The van der Waals surface area contributed by atoms with Gasteiger partial charge in [-0.3, -0.25) is 9.78 Å². The number of nitrogens with two attached hydrogens (primary N) is 1. The molecule has 0 saturated heterocycles. The normalized spacial score (nSPS) is 11.3. The SMILES string of the molecule is CC(C)(Nc1ncc(-c2ncc(C(N)=O)o2)cn1)c1ncccc1Cl. The maximum atomic E-state index is 11.0. The fraction of sp³-hybridized carbons (Fsp3) is 0.188. The fourth-order valence-corrected chi connectivity index (χ4v) is 2.57. The Morgan fingerprint density at radius 2 is 1.92 bits per heavy atom. The minimum atomic E-state index is -0.688. The lowest BCUT2D eigenvalue weighted by molar-refractivity contribution is 0.0974. The molecule has 0 fully saturated rings. The molecular formula is C16H15ClN6O2. The van der Waals surface area contributed by atoms with Gasteiger partial charge in [-0.1, -0.05) is 11.6 Å². The number of rotatable bonds is 5. The maximum absolute atomic E-state index is 11.0. The Balaban J connectivity index is 1.80. The lowest BCUT2D eigenvalue weighted by Gasteiger charge is -2.26. The molecular weight excluding hydrogens is 344 g/mol. The molecule has 0 bridgehead atoms. The summed E-state index contributed by atoms with van der Waals surface area (Å²) >= 11 is 6.21. The number of oxazole rings is 1. The van der Waals surface area contributed by atoms with Gasteiger partial charge in [0.25, 0.3) is 5.91 Å². The number of pyridine rings is 1. The Kier molecular flexibility index (Phi) is 4.37. The topological polar surface area (TPSA) is 120 Å². The van der Waals surface area contributed by atoms with Crippen LogP contribution in [0.1, 0.15) is 30.1 Å². The van der Waals surface area contributed by atoms with Crippen LogP contribution in [0.4, 0.5) is 5.95 Å². The van der Waals surface area contributed by atoms with Gasteiger partial charge in [0.15, 0.2) is 0 Å². The number of hydrogen-bond acceptors (Lipinski definition) is 7. The van der Waals surface area contributed by atoms with Crippen LogP contribution in [0.25, 0.3) is 11.5 Å². The predicted octanol–water partition coefficient (Wildman–Crippen LogP) is 2.63. The second kappa shape index (κ2) is 6.48. The molecule has 0 aliphatic carbocycles. The summed E-state index contributed by atoms with van der Waals surface area (Å²) in [4.78, 5) is 27.8. The van der Waals surface area contributed by atoms with Crippen molar-refractivity contribution in [1.82, 2.24) is 19.9 Å². The first-order valence-electron chi connectivity index (χ1n) is 7.34. The van der Waals surface area contributed by atoms with Crippen LogP contribution >= 0.6 is 11.6 Å². The van der Waals surface area contributed by atoms with E-state index in [0.717, 1.165) is 0 Å². The third kappa shape index (κ3) is 3.58. The van der Waals surface area contributed by atoms with E-state index in [2.05, 4.69) is 25.3 Å². The van der Waals surface area contributed by atoms with Gasteiger partial charge in [-0.05, 0) is 26.0 Å². The molecule has 25 heavy (non-hydrogen) atoms. The van der Waals surface area contributed by atoms with Gasteiger partial charge in [0.05, 0.1) is 28.0 Å². The Morgan fingerprint density at radius 1 is 1.20 bits per heavy atom. The second-order valence-electron chi connectivity index (χ2n) is 5.77. The zero-order chi connectivity index (χ0) is 18.0. The fourth-order valence-electron chi connectivity index (χ4n) is 2.21. The molecule has 0 aliphatic heterocycles. The van der Waals surface area contributed by atoms with Crippen molar-refractivity contribution < 1.29 is 9.21 Å². The molecule has 3 heterocycles. The second-order valence-corrected chi connectivity index (χ2v) is 6.18. The first-order chi connectivity index (χ1) is 11.9. The summed E-state index contributed by atoms with van der Waals surface area (Å²) < 4.78 is 5.24. The summed E-state index contributed by atoms with van der Waals surface area (Å²) in [6.07, 6.45) is 5.99. The molecule has 3 aromatic rings. The van der Waals surface area contributed by atoms with E-state index in [9.17, 15) is 4.79 Å². The van der Waals surface area contributed by atoms with Gasteiger partial charge in [0.1, 0.15) is 0 Å². The summed E-state index contributed by atoms with van der Waals surface area (Å²) in [5.41, 5.74) is 5.76. The molecule has 128 valence electrons. The van der Waals surface area contributed by atoms with Crippen molar-refractivity contribution in [2.24, 2.45) is 5.73 Å². The molecule has 0 spiro atoms. The third-order valence-corrected chi connectivity index (χ3v) is 3.73. The van der Waals surface area contributed by atoms with Crippen LogP contribution in [-0.4, -0.2) is 25.8 Å². The van der Waals surface area contributed by atoms with Crippen LogP contribution in [-0.2, 0) is 5.54 Å². The molecule has 1 amide bonds. The van der Waals surface area contributed by atoms with Gasteiger partial charge in [0.2, 0.25) is 17.6 Å². The van der Waals surface area contributed by atoms with Crippen molar-refractivity contribution in [2.45, 2.75) is 19.4 Å². The van der Waals surface area contributed by atoms with E-state index in [0.29, 0.717) is 22.2 Å². The third-order valence-electron chi connectivity index (χ3n) is 3.42. The quantitative estimate of drug-likeness (QED) is 0.719. The highest BCUT2D eigenvalue weighted by Gasteiger charge is 2.25. The van der Waals surface area contributed by atoms with Gasteiger partial charge in [-0.15, -0.1) is 0 Å². The van der Waals surface area contributed by atoms with Gasteiger partial charge in [0, 0.05) is 18.6 Å². The largest absolute Gasteiger partial charge is 0.431 e. The molecule has 3 N–H and O–H groups in total. The average molecular weight is 359 g/mol. The molecule has 3 aromatic heterocycles. The monoisotopic (exact) mass is 358 g/mol. The van der Waals surface area contributed by atoms with Crippen LogP contribution in [0.5, 0.6) is 0 Å². The number of nitrogens with one attached hydrogen (secondary N) is 1. The van der Waals surface area contributed by atoms with Gasteiger partial charge >= 0.3 is 0 Å². The van der Waals surface area contributed by atoms with Crippen LogP contribution in [0.2, 0.25) is 5.02 Å². The lowest BCUT2D eigenvalue weighted by atomic mass is 10.00. The van der Waals surface area contributed by atoms with Crippen molar-refractivity contribution in [3.63, 3.8) is 0 Å². The molecule has 0 aliphatic rings. The molecule has 0 saturated carbocycles. The van der Waals surface area contributed by atoms with E-state index in [1.807, 2.05) is 13.8 Å². The summed E-state index contributed by atoms with van der Waals surface area (Å²) in [5.74, 6) is -0.111. The standard InChI is InChI=1S/C16H15ClN6O2/c1-16(2,12-10(17)4-3-5-19-12)23-15-21-6-9(7-22-15)14-20-8-11(25-14)13(18)24/h3-8H,1-2H3,(H2,18,24)(H,21,22,23). The number of amides is 1. The highest BCUT2D eigenvalue weighted by molar-refractivity contribution is 6.31. The minimum Gasteiger partial charge on any atom is -0.431 e. The molecule has 9 heteroatoms. The lowest BCUT2D eigenvalue weighted by Crippen LogP contribution is -2.30. The number of hydrogen-bond donors (Lipinski definition) is 2. The number of carbonyl (C=O) groups is 1. The molecule has 0 radical (unpaired) electrons. The summed E-state index contributed by atoms with van der Waals surface area (Å²) in [7, 11) is 0. The molecule has 8 nitrogen and oxygen atoms in total. The van der Waals surface area contributed by atoms with Crippen molar-refractivity contribution in [2.75, 3.05) is 5.32 Å². The zero-order valence-electron chi connectivity index (χ0n) is 13.5. The van der Waals surface area contributed by atoms with Crippen LogP contribution in [0.3, 0.4) is 0 Å². The summed E-state index contributed by atoms with van der Waals surface area (Å²) in [6.45, 7) is 3.84. The Morgan fingerprint density at radius 3 is 2.52 bits per heavy atom. The highest BCUT2D eigenvalue weighted by atomic mass is 35.5. The number of primary amides is 1. The van der Waals surface area contributed by atoms with Gasteiger partial charge in [-0.2, -0.15) is 0 Å². The van der Waals surface area contributed by atoms with Gasteiger partial charge < -0.3 is 15.5 Å². The maximum Gasteiger partial charge on any atom is 0.286 e. The predicted molar refractivity (Wildman–Crippen MR) is 91.9 cm³/mol. The molecule has 0 aromatic carbocycles. The first kappa shape index (κ1) is 16.8.